The minimum atomic E-state index is -0.579. The third-order valence-electron chi connectivity index (χ3n) is 3.30. The lowest BCUT2D eigenvalue weighted by Crippen LogP contribution is -2.14. The van der Waals surface area contributed by atoms with E-state index in [2.05, 4.69) is 9.47 Å². The van der Waals surface area contributed by atoms with Gasteiger partial charge in [0, 0.05) is 23.8 Å². The van der Waals surface area contributed by atoms with Crippen LogP contribution < -0.4 is 0 Å². The second kappa shape index (κ2) is 6.27. The maximum absolute atomic E-state index is 11.2. The van der Waals surface area contributed by atoms with Gasteiger partial charge in [0.05, 0.1) is 0 Å². The smallest absolute Gasteiger partial charge is 0.342 e. The van der Waals surface area contributed by atoms with Crippen molar-refractivity contribution in [3.05, 3.63) is 23.8 Å². The van der Waals surface area contributed by atoms with Crippen LogP contribution in [0.1, 0.15) is 32.1 Å². The van der Waals surface area contributed by atoms with Crippen molar-refractivity contribution in [2.24, 2.45) is 5.92 Å². The Kier molecular flexibility index (Phi) is 4.45. The van der Waals surface area contributed by atoms with Gasteiger partial charge in [-0.2, -0.15) is 0 Å². The second-order valence-electron chi connectivity index (χ2n) is 4.72. The van der Waals surface area contributed by atoms with E-state index in [0.29, 0.717) is 5.57 Å². The molecule has 0 aromatic rings. The summed E-state index contributed by atoms with van der Waals surface area (Å²) in [4.78, 5) is 41.8. The fourth-order valence-corrected chi connectivity index (χ4v) is 2.37. The Morgan fingerprint density at radius 1 is 0.800 bits per heavy atom. The van der Waals surface area contributed by atoms with E-state index in [1.807, 2.05) is 0 Å². The van der Waals surface area contributed by atoms with Gasteiger partial charge in [0.1, 0.15) is 0 Å². The summed E-state index contributed by atoms with van der Waals surface area (Å²) in [5, 5.41) is 0. The molecule has 2 aliphatic heterocycles. The molecule has 0 atom stereocenters. The summed E-state index contributed by atoms with van der Waals surface area (Å²) >= 11 is 0. The van der Waals surface area contributed by atoms with E-state index in [1.165, 1.54) is 12.5 Å². The van der Waals surface area contributed by atoms with Gasteiger partial charge in [0.25, 0.3) is 0 Å². The number of rotatable bonds is 1. The first-order chi connectivity index (χ1) is 9.56. The fraction of sp³-hybridized carbons (Fsp3) is 0.429. The van der Waals surface area contributed by atoms with Crippen LogP contribution in [0.2, 0.25) is 0 Å². The quantitative estimate of drug-likeness (QED) is 0.529. The molecule has 0 unspecified atom stereocenters. The molecular formula is C14H14O6. The van der Waals surface area contributed by atoms with Crippen molar-refractivity contribution in [1.29, 1.82) is 0 Å². The Bertz CT molecular complexity index is 492. The minimum Gasteiger partial charge on any atom is -0.387 e. The zero-order valence-electron chi connectivity index (χ0n) is 10.8. The lowest BCUT2D eigenvalue weighted by molar-refractivity contribution is -0.152. The molecule has 20 heavy (non-hydrogen) atoms. The van der Waals surface area contributed by atoms with Gasteiger partial charge in [-0.1, -0.05) is 19.3 Å². The fourth-order valence-electron chi connectivity index (χ4n) is 2.37. The zero-order chi connectivity index (χ0) is 14.5. The SMILES string of the molecule is O=C1C=C(C2CCCCC2)C(=O)O1.O=C1C=CC(=O)O1. The van der Waals surface area contributed by atoms with Crippen LogP contribution in [0.15, 0.2) is 23.8 Å². The maximum Gasteiger partial charge on any atom is 0.342 e. The molecular weight excluding hydrogens is 264 g/mol. The predicted molar refractivity (Wildman–Crippen MR) is 66.0 cm³/mol. The van der Waals surface area contributed by atoms with Gasteiger partial charge < -0.3 is 9.47 Å². The first-order valence-corrected chi connectivity index (χ1v) is 6.48. The minimum absolute atomic E-state index is 0.271. The maximum atomic E-state index is 11.2. The molecule has 3 rings (SSSR count). The van der Waals surface area contributed by atoms with Crippen LogP contribution in [0.5, 0.6) is 0 Å². The van der Waals surface area contributed by atoms with Crippen LogP contribution in [-0.2, 0) is 28.7 Å². The van der Waals surface area contributed by atoms with Crippen molar-refractivity contribution in [2.75, 3.05) is 0 Å². The van der Waals surface area contributed by atoms with E-state index in [-0.39, 0.29) is 5.92 Å². The Balaban J connectivity index is 0.000000178. The van der Waals surface area contributed by atoms with Crippen molar-refractivity contribution in [3.63, 3.8) is 0 Å². The largest absolute Gasteiger partial charge is 0.387 e. The number of cyclic esters (lactones) is 4. The molecule has 0 bridgehead atoms. The Morgan fingerprint density at radius 2 is 1.40 bits per heavy atom. The lowest BCUT2D eigenvalue weighted by Gasteiger charge is -2.20. The van der Waals surface area contributed by atoms with Crippen LogP contribution >= 0.6 is 0 Å². The van der Waals surface area contributed by atoms with Gasteiger partial charge in [0.2, 0.25) is 0 Å². The van der Waals surface area contributed by atoms with Crippen LogP contribution in [0.4, 0.5) is 0 Å². The van der Waals surface area contributed by atoms with Gasteiger partial charge >= 0.3 is 23.9 Å². The van der Waals surface area contributed by atoms with Crippen molar-refractivity contribution in [2.45, 2.75) is 32.1 Å². The second-order valence-corrected chi connectivity index (χ2v) is 4.72. The van der Waals surface area contributed by atoms with Gasteiger partial charge in [-0.25, -0.2) is 19.2 Å². The van der Waals surface area contributed by atoms with Gasteiger partial charge in [0.15, 0.2) is 0 Å². The predicted octanol–water partition coefficient (Wildman–Crippen LogP) is 1.20. The highest BCUT2D eigenvalue weighted by molar-refractivity contribution is 6.09. The third kappa shape index (κ3) is 3.63. The van der Waals surface area contributed by atoms with Gasteiger partial charge in [-0.15, -0.1) is 0 Å². The molecule has 0 spiro atoms. The number of hydrogen-bond donors (Lipinski definition) is 0. The third-order valence-corrected chi connectivity index (χ3v) is 3.30. The van der Waals surface area contributed by atoms with E-state index in [9.17, 15) is 19.2 Å². The lowest BCUT2D eigenvalue weighted by atomic mass is 9.84. The normalized spacial score (nSPS) is 22.1. The number of carbonyl (C=O) groups excluding carboxylic acids is 4. The first-order valence-electron chi connectivity index (χ1n) is 6.48. The standard InChI is InChI=1S/C10H12O3.C4H2O3/c11-9-6-8(10(12)13-9)7-4-2-1-3-5-7;5-3-1-2-4(6)7-3/h6-7H,1-5H2;1-2H. The molecule has 0 saturated heterocycles. The molecule has 6 nitrogen and oxygen atoms in total. The highest BCUT2D eigenvalue weighted by Gasteiger charge is 2.30. The van der Waals surface area contributed by atoms with Crippen LogP contribution in [0.3, 0.4) is 0 Å². The monoisotopic (exact) mass is 278 g/mol. The highest BCUT2D eigenvalue weighted by atomic mass is 16.6. The van der Waals surface area contributed by atoms with E-state index in [1.54, 1.807) is 0 Å². The number of carbonyl (C=O) groups is 4. The van der Waals surface area contributed by atoms with Crippen molar-refractivity contribution in [3.8, 4) is 0 Å². The van der Waals surface area contributed by atoms with E-state index < -0.39 is 23.9 Å². The van der Waals surface area contributed by atoms with Gasteiger partial charge in [-0.05, 0) is 18.8 Å². The summed E-state index contributed by atoms with van der Waals surface area (Å²) in [6.07, 6.45) is 9.13. The van der Waals surface area contributed by atoms with Crippen LogP contribution in [0, 0.1) is 5.92 Å². The van der Waals surface area contributed by atoms with E-state index >= 15 is 0 Å². The average Bonchev–Trinajstić information content (AvgIpc) is 2.96. The summed E-state index contributed by atoms with van der Waals surface area (Å²) in [7, 11) is 0. The number of hydrogen-bond acceptors (Lipinski definition) is 6. The summed E-state index contributed by atoms with van der Waals surface area (Å²) in [6, 6.07) is 0. The number of esters is 4. The van der Waals surface area contributed by atoms with Crippen molar-refractivity contribution < 1.29 is 28.7 Å². The van der Waals surface area contributed by atoms with Crippen molar-refractivity contribution >= 4 is 23.9 Å². The summed E-state index contributed by atoms with van der Waals surface area (Å²) in [5.41, 5.74) is 0.602. The first kappa shape index (κ1) is 14.2. The molecule has 1 aliphatic carbocycles. The molecule has 0 amide bonds. The molecule has 0 N–H and O–H groups in total. The Labute approximate surface area is 115 Å². The van der Waals surface area contributed by atoms with Crippen molar-refractivity contribution in [1.82, 2.24) is 0 Å². The molecule has 6 heteroatoms. The summed E-state index contributed by atoms with van der Waals surface area (Å²) < 4.78 is 8.43. The summed E-state index contributed by atoms with van der Waals surface area (Å²) in [5.74, 6) is -1.80. The van der Waals surface area contributed by atoms with E-state index in [0.717, 1.165) is 37.8 Å². The highest BCUT2D eigenvalue weighted by Crippen LogP contribution is 2.31. The van der Waals surface area contributed by atoms with Crippen LogP contribution in [-0.4, -0.2) is 23.9 Å². The molecule has 3 aliphatic rings. The zero-order valence-corrected chi connectivity index (χ0v) is 10.8. The van der Waals surface area contributed by atoms with Gasteiger partial charge in [-0.3, -0.25) is 0 Å². The molecule has 0 aromatic heterocycles. The Hall–Kier alpha value is -2.24. The number of ether oxygens (including phenoxy) is 2. The topological polar surface area (TPSA) is 86.7 Å². The molecule has 1 saturated carbocycles. The van der Waals surface area contributed by atoms with E-state index in [4.69, 9.17) is 0 Å². The molecule has 2 heterocycles. The Morgan fingerprint density at radius 3 is 1.80 bits per heavy atom. The molecule has 0 aromatic carbocycles. The molecule has 106 valence electrons. The molecule has 0 radical (unpaired) electrons. The van der Waals surface area contributed by atoms with Crippen LogP contribution in [0.25, 0.3) is 0 Å². The molecule has 1 fully saturated rings. The summed E-state index contributed by atoms with van der Waals surface area (Å²) in [6.45, 7) is 0. The average molecular weight is 278 g/mol.